The fraction of sp³-hybridized carbons (Fsp3) is 0.524. The maximum absolute atomic E-state index is 13.4. The van der Waals surface area contributed by atoms with Crippen LogP contribution in [0.3, 0.4) is 0 Å². The molecular weight excluding hydrogens is 792 g/mol. The summed E-state index contributed by atoms with van der Waals surface area (Å²) in [5.74, 6) is 3.61. The molecule has 9 nitrogen and oxygen atoms in total. The van der Waals surface area contributed by atoms with Gasteiger partial charge in [0.05, 0.1) is 11.0 Å². The van der Waals surface area contributed by atoms with Gasteiger partial charge < -0.3 is 24.4 Å². The summed E-state index contributed by atoms with van der Waals surface area (Å²) in [7, 11) is 3.92. The molecule has 0 bridgehead atoms. The first-order valence-electron chi connectivity index (χ1n) is 19.7. The number of ether oxygens (including phenoxy) is 1. The number of imidazole rings is 1. The molecule has 3 aliphatic rings. The van der Waals surface area contributed by atoms with Crippen molar-refractivity contribution in [2.75, 3.05) is 64.8 Å². The molecule has 1 atom stereocenters. The van der Waals surface area contributed by atoms with Gasteiger partial charge in [0.2, 0.25) is 0 Å². The van der Waals surface area contributed by atoms with Gasteiger partial charge in [-0.2, -0.15) is 0 Å². The summed E-state index contributed by atoms with van der Waals surface area (Å²) >= 11 is 2.43. The number of fused-ring (bicyclic) bond motifs is 2. The van der Waals surface area contributed by atoms with Gasteiger partial charge >= 0.3 is 0 Å². The average molecular weight is 850 g/mol. The van der Waals surface area contributed by atoms with E-state index in [4.69, 9.17) is 9.72 Å². The van der Waals surface area contributed by atoms with E-state index in [2.05, 4.69) is 126 Å². The van der Waals surface area contributed by atoms with Crippen LogP contribution in [0.2, 0.25) is 0 Å². The zero-order valence-corrected chi connectivity index (χ0v) is 35.2. The summed E-state index contributed by atoms with van der Waals surface area (Å²) in [6.45, 7) is 14.3. The van der Waals surface area contributed by atoms with Crippen LogP contribution in [0.1, 0.15) is 96.9 Å². The summed E-state index contributed by atoms with van der Waals surface area (Å²) in [5.41, 5.74) is 9.51. The highest BCUT2D eigenvalue weighted by atomic mass is 127. The summed E-state index contributed by atoms with van der Waals surface area (Å²) in [6.07, 6.45) is 9.81. The average Bonchev–Trinajstić information content (AvgIpc) is 3.70. The quantitative estimate of drug-likeness (QED) is 0.101. The summed E-state index contributed by atoms with van der Waals surface area (Å²) < 4.78 is 10.1. The van der Waals surface area contributed by atoms with Gasteiger partial charge in [-0.1, -0.05) is 38.1 Å². The van der Waals surface area contributed by atoms with Gasteiger partial charge in [-0.05, 0) is 146 Å². The van der Waals surface area contributed by atoms with Gasteiger partial charge in [-0.3, -0.25) is 14.0 Å². The predicted octanol–water partition coefficient (Wildman–Crippen LogP) is 8.52. The SMILES string of the molecule is CCCN(CCC)CC1CCN(C(=O)c2ccc(C3CCN(Cc4cc5c(n4C)NCC=C5c4ccc5nc(COC)n(PI)c5c4)CC3)cc2)CC1. The van der Waals surface area contributed by atoms with E-state index in [1.807, 2.05) is 0 Å². The smallest absolute Gasteiger partial charge is 0.253 e. The third-order valence-corrected chi connectivity index (χ3v) is 13.8. The number of carbonyl (C=O) groups is 1. The van der Waals surface area contributed by atoms with Gasteiger partial charge in [0.1, 0.15) is 18.2 Å². The molecular formula is C42H57IN7O2P. The summed E-state index contributed by atoms with van der Waals surface area (Å²) in [5, 5.41) is 3.65. The lowest BCUT2D eigenvalue weighted by molar-refractivity contribution is 0.0667. The number of aromatic nitrogens is 3. The van der Waals surface area contributed by atoms with Crippen LogP contribution in [0, 0.1) is 5.92 Å². The third kappa shape index (κ3) is 8.57. The number of piperidine rings is 2. The molecule has 53 heavy (non-hydrogen) atoms. The normalized spacial score (nSPS) is 17.6. The number of nitrogens with one attached hydrogen (secondary N) is 1. The lowest BCUT2D eigenvalue weighted by atomic mass is 9.88. The van der Waals surface area contributed by atoms with Gasteiger partial charge in [-0.25, -0.2) is 4.98 Å². The number of rotatable bonds is 14. The molecule has 7 rings (SSSR count). The minimum Gasteiger partial charge on any atom is -0.377 e. The minimum absolute atomic E-state index is 0.200. The second-order valence-corrected chi connectivity index (χ2v) is 17.3. The molecule has 2 aromatic carbocycles. The van der Waals surface area contributed by atoms with Crippen molar-refractivity contribution in [2.45, 2.75) is 71.4 Å². The second-order valence-electron chi connectivity index (χ2n) is 15.2. The number of nitrogens with zero attached hydrogens (tertiary/aromatic N) is 6. The van der Waals surface area contributed by atoms with Crippen molar-refractivity contribution in [2.24, 2.45) is 13.0 Å². The van der Waals surface area contributed by atoms with Crippen molar-refractivity contribution in [3.63, 3.8) is 0 Å². The number of likely N-dealkylation sites (tertiary alicyclic amines) is 2. The molecule has 4 aromatic rings. The van der Waals surface area contributed by atoms with Crippen LogP contribution in [0.5, 0.6) is 0 Å². The second kappa shape index (κ2) is 17.8. The van der Waals surface area contributed by atoms with Crippen LogP contribution in [-0.2, 0) is 24.9 Å². The molecule has 0 radical (unpaired) electrons. The van der Waals surface area contributed by atoms with Crippen molar-refractivity contribution in [1.29, 1.82) is 0 Å². The summed E-state index contributed by atoms with van der Waals surface area (Å²) in [6, 6.07) is 17.7. The zero-order chi connectivity index (χ0) is 36.9. The lowest BCUT2D eigenvalue weighted by Gasteiger charge is -2.35. The zero-order valence-electron chi connectivity index (χ0n) is 32.0. The first kappa shape index (κ1) is 38.5. The van der Waals surface area contributed by atoms with Gasteiger partial charge in [-0.15, -0.1) is 0 Å². The van der Waals surface area contributed by atoms with E-state index in [9.17, 15) is 4.79 Å². The fourth-order valence-electron chi connectivity index (χ4n) is 8.82. The topological polar surface area (TPSA) is 70.8 Å². The Morgan fingerprint density at radius 1 is 1.00 bits per heavy atom. The molecule has 5 heterocycles. The first-order valence-corrected chi connectivity index (χ1v) is 23.8. The Kier molecular flexibility index (Phi) is 12.9. The number of halogens is 1. The lowest BCUT2D eigenvalue weighted by Crippen LogP contribution is -2.42. The van der Waals surface area contributed by atoms with Crippen molar-refractivity contribution in [1.82, 2.24) is 28.6 Å². The molecule has 1 unspecified atom stereocenters. The number of methoxy groups -OCH3 is 1. The molecule has 2 fully saturated rings. The molecule has 3 aliphatic heterocycles. The van der Waals surface area contributed by atoms with E-state index in [-0.39, 0.29) is 5.91 Å². The van der Waals surface area contributed by atoms with Gasteiger partial charge in [0, 0.05) is 70.1 Å². The van der Waals surface area contributed by atoms with E-state index in [1.54, 1.807) is 7.11 Å². The molecule has 0 saturated carbocycles. The van der Waals surface area contributed by atoms with Crippen LogP contribution in [0.25, 0.3) is 16.6 Å². The largest absolute Gasteiger partial charge is 0.377 e. The molecule has 0 spiro atoms. The first-order chi connectivity index (χ1) is 25.9. The molecule has 1 amide bonds. The number of carbonyl (C=O) groups excluding carboxylic acids is 1. The third-order valence-electron chi connectivity index (χ3n) is 11.7. The summed E-state index contributed by atoms with van der Waals surface area (Å²) in [4.78, 5) is 25.6. The highest BCUT2D eigenvalue weighted by Crippen LogP contribution is 2.39. The molecule has 11 heteroatoms. The number of benzene rings is 2. The Hall–Kier alpha value is -2.76. The van der Waals surface area contributed by atoms with E-state index in [0.29, 0.717) is 24.8 Å². The van der Waals surface area contributed by atoms with E-state index in [0.717, 1.165) is 87.4 Å². The predicted molar refractivity (Wildman–Crippen MR) is 229 cm³/mol. The highest BCUT2D eigenvalue weighted by molar-refractivity contribution is 14.2. The molecule has 1 N–H and O–H groups in total. The Balaban J connectivity index is 0.936. The van der Waals surface area contributed by atoms with Crippen LogP contribution in [0.15, 0.2) is 54.6 Å². The van der Waals surface area contributed by atoms with Crippen molar-refractivity contribution in [3.8, 4) is 0 Å². The van der Waals surface area contributed by atoms with E-state index >= 15 is 0 Å². The van der Waals surface area contributed by atoms with Crippen molar-refractivity contribution < 1.29 is 9.53 Å². The molecule has 2 saturated heterocycles. The monoisotopic (exact) mass is 849 g/mol. The van der Waals surface area contributed by atoms with E-state index in [1.165, 1.54) is 66.3 Å². The van der Waals surface area contributed by atoms with E-state index < -0.39 is 0 Å². The Labute approximate surface area is 330 Å². The number of anilines is 1. The highest BCUT2D eigenvalue weighted by Gasteiger charge is 2.27. The number of amides is 1. The Morgan fingerprint density at radius 3 is 2.42 bits per heavy atom. The van der Waals surface area contributed by atoms with Crippen LogP contribution >= 0.6 is 28.4 Å². The molecule has 284 valence electrons. The maximum Gasteiger partial charge on any atom is 0.253 e. The Morgan fingerprint density at radius 2 is 1.74 bits per heavy atom. The maximum atomic E-state index is 13.4. The molecule has 2 aromatic heterocycles. The Bertz CT molecular complexity index is 1880. The van der Waals surface area contributed by atoms with Gasteiger partial charge in [0.15, 0.2) is 0 Å². The van der Waals surface area contributed by atoms with Crippen molar-refractivity contribution in [3.05, 3.63) is 88.4 Å². The number of hydrogen-bond acceptors (Lipinski definition) is 6. The fourth-order valence-corrected chi connectivity index (χ4v) is 10.9. The standard InChI is InChI=1S/C42H57IN7O2P/c1-5-19-47(20-6-2)27-30-14-23-49(24-15-30)42(51)33-9-7-31(8-10-33)32-16-21-48(22-17-32)28-35-26-37-36(13-18-44-41(37)46(35)3)34-11-12-38-39(25-34)50(53-43)40(45-38)29-52-4/h7-13,25-26,30,32,44,53H,5-6,14-24,27-29H2,1-4H3. The number of hydrogen-bond donors (Lipinski definition) is 1. The van der Waals surface area contributed by atoms with Crippen LogP contribution < -0.4 is 5.32 Å². The molecule has 0 aliphatic carbocycles. The van der Waals surface area contributed by atoms with Crippen molar-refractivity contribution >= 4 is 56.7 Å². The van der Waals surface area contributed by atoms with Gasteiger partial charge in [0.25, 0.3) is 5.91 Å². The van der Waals surface area contributed by atoms with Crippen LogP contribution in [-0.4, -0.2) is 94.0 Å². The van der Waals surface area contributed by atoms with Crippen LogP contribution in [0.4, 0.5) is 5.82 Å². The minimum atomic E-state index is 0.200.